The summed E-state index contributed by atoms with van der Waals surface area (Å²) in [5.74, 6) is 0.587. The van der Waals surface area contributed by atoms with Gasteiger partial charge in [0, 0.05) is 30.9 Å². The predicted molar refractivity (Wildman–Crippen MR) is 173 cm³/mol. The fourth-order valence-electron chi connectivity index (χ4n) is 5.85. The number of H-pyrrole nitrogens is 2. The molecular formula is C32H30N10O4. The molecule has 1 aliphatic heterocycles. The van der Waals surface area contributed by atoms with E-state index in [1.165, 1.54) is 4.68 Å². The molecular weight excluding hydrogens is 588 g/mol. The molecule has 232 valence electrons. The number of anilines is 2. The summed E-state index contributed by atoms with van der Waals surface area (Å²) in [6, 6.07) is 21.3. The van der Waals surface area contributed by atoms with Crippen molar-refractivity contribution < 1.29 is 9.90 Å². The minimum atomic E-state index is -0.912. The Morgan fingerprint density at radius 1 is 1.02 bits per heavy atom. The van der Waals surface area contributed by atoms with Crippen LogP contribution >= 0.6 is 0 Å². The zero-order valence-electron chi connectivity index (χ0n) is 24.8. The van der Waals surface area contributed by atoms with E-state index in [9.17, 15) is 19.5 Å². The van der Waals surface area contributed by atoms with Crippen molar-refractivity contribution in [1.82, 2.24) is 39.4 Å². The Morgan fingerprint density at radius 2 is 1.83 bits per heavy atom. The number of carbonyl (C=O) groups is 1. The van der Waals surface area contributed by atoms with E-state index in [1.54, 1.807) is 43.3 Å². The lowest BCUT2D eigenvalue weighted by Gasteiger charge is -2.18. The smallest absolute Gasteiger partial charge is 0.337 e. The lowest BCUT2D eigenvalue weighted by molar-refractivity contribution is 0.175. The van der Waals surface area contributed by atoms with Gasteiger partial charge in [-0.15, -0.1) is 10.2 Å². The van der Waals surface area contributed by atoms with Gasteiger partial charge in [0.2, 0.25) is 5.95 Å². The molecule has 6 aromatic rings. The number of hydrogen-bond donors (Lipinski definition) is 5. The first-order valence-corrected chi connectivity index (χ1v) is 14.7. The van der Waals surface area contributed by atoms with E-state index in [2.05, 4.69) is 41.5 Å². The van der Waals surface area contributed by atoms with Crippen molar-refractivity contribution in [3.63, 3.8) is 0 Å². The first-order valence-electron chi connectivity index (χ1n) is 14.7. The molecule has 6 N–H and O–H groups in total. The summed E-state index contributed by atoms with van der Waals surface area (Å²) < 4.78 is 1.90. The lowest BCUT2D eigenvalue weighted by Crippen LogP contribution is -2.42. The highest BCUT2D eigenvalue weighted by Crippen LogP contribution is 2.27. The first kappa shape index (κ1) is 28.9. The SMILES string of the molecule is Cc1nn(-c2cccc(-c3nnc(N)[nH]3)c2)c2c(=O)n(C(=O)Nc3ccc(-c4ccccc4CN4CCC(O)C4)cc3)c(=O)[nH]c12. The molecule has 0 bridgehead atoms. The Bertz CT molecular complexity index is 2210. The van der Waals surface area contributed by atoms with Gasteiger partial charge in [-0.05, 0) is 54.3 Å². The summed E-state index contributed by atoms with van der Waals surface area (Å²) in [5, 5.41) is 24.9. The van der Waals surface area contributed by atoms with Gasteiger partial charge >= 0.3 is 11.7 Å². The highest BCUT2D eigenvalue weighted by atomic mass is 16.3. The van der Waals surface area contributed by atoms with Gasteiger partial charge < -0.3 is 26.1 Å². The summed E-state index contributed by atoms with van der Waals surface area (Å²) in [6.45, 7) is 3.87. The van der Waals surface area contributed by atoms with Crippen molar-refractivity contribution in [3.05, 3.63) is 105 Å². The number of hydrogen-bond acceptors (Lipinski definition) is 9. The van der Waals surface area contributed by atoms with Gasteiger partial charge in [-0.2, -0.15) is 9.67 Å². The lowest BCUT2D eigenvalue weighted by atomic mass is 9.99. The van der Waals surface area contributed by atoms with Crippen molar-refractivity contribution in [2.45, 2.75) is 26.0 Å². The van der Waals surface area contributed by atoms with Crippen molar-refractivity contribution in [1.29, 1.82) is 0 Å². The Kier molecular flexibility index (Phi) is 7.27. The Morgan fingerprint density at radius 3 is 2.57 bits per heavy atom. The second kappa shape index (κ2) is 11.6. The van der Waals surface area contributed by atoms with Crippen LogP contribution < -0.4 is 22.3 Å². The molecule has 0 aliphatic carbocycles. The minimum absolute atomic E-state index is 0.0268. The molecule has 1 unspecified atom stereocenters. The van der Waals surface area contributed by atoms with Gasteiger partial charge in [-0.1, -0.05) is 48.5 Å². The summed E-state index contributed by atoms with van der Waals surface area (Å²) in [6.07, 6.45) is 0.473. The van der Waals surface area contributed by atoms with Gasteiger partial charge in [-0.25, -0.2) is 14.3 Å². The zero-order valence-corrected chi connectivity index (χ0v) is 24.8. The van der Waals surface area contributed by atoms with Crippen LogP contribution in [0, 0.1) is 6.92 Å². The Labute approximate surface area is 261 Å². The molecule has 46 heavy (non-hydrogen) atoms. The maximum atomic E-state index is 13.7. The number of nitrogens with one attached hydrogen (secondary N) is 3. The van der Waals surface area contributed by atoms with Crippen LogP contribution in [-0.2, 0) is 6.54 Å². The van der Waals surface area contributed by atoms with E-state index in [0.717, 1.165) is 36.2 Å². The zero-order chi connectivity index (χ0) is 31.9. The van der Waals surface area contributed by atoms with E-state index in [0.29, 0.717) is 39.6 Å². The number of nitrogens with zero attached hydrogens (tertiary/aromatic N) is 6. The van der Waals surface area contributed by atoms with Crippen LogP contribution in [0.2, 0.25) is 0 Å². The average Bonchev–Trinajstić information content (AvgIpc) is 3.76. The molecule has 0 saturated carbocycles. The van der Waals surface area contributed by atoms with Crippen LogP contribution in [0.4, 0.5) is 16.4 Å². The largest absolute Gasteiger partial charge is 0.392 e. The molecule has 7 rings (SSSR count). The number of amides is 1. The molecule has 14 nitrogen and oxygen atoms in total. The number of nitrogen functional groups attached to an aromatic ring is 1. The standard InChI is InChI=1S/C32H30N10O4/c1-18-26-27(42(39-18)23-7-4-6-20(15-23)28-36-30(33)38-37-28)29(44)41(32(46)35-26)31(45)34-22-11-9-19(10-12-22)25-8-3-2-5-21(25)16-40-14-13-24(43)17-40/h2-12,15,24,43H,13-14,16-17H2,1H3,(H,34,45)(H,35,46)(H3,33,36,37,38). The maximum absolute atomic E-state index is 13.7. The van der Waals surface area contributed by atoms with Crippen LogP contribution in [0.25, 0.3) is 39.2 Å². The van der Waals surface area contributed by atoms with E-state index >= 15 is 0 Å². The molecule has 0 radical (unpaired) electrons. The third-order valence-corrected chi connectivity index (χ3v) is 8.08. The van der Waals surface area contributed by atoms with Gasteiger partial charge in [0.1, 0.15) is 0 Å². The molecule has 1 aliphatic rings. The van der Waals surface area contributed by atoms with Crippen LogP contribution in [-0.4, -0.2) is 69.7 Å². The van der Waals surface area contributed by atoms with Crippen LogP contribution in [0.3, 0.4) is 0 Å². The normalized spacial score (nSPS) is 15.0. The number of β-amino-alcohol motifs (C(OH)–C–C–N with tert-alkyl or cyclic N) is 1. The van der Waals surface area contributed by atoms with E-state index in [1.807, 2.05) is 30.3 Å². The van der Waals surface area contributed by atoms with Crippen molar-refractivity contribution in [2.24, 2.45) is 0 Å². The second-order valence-corrected chi connectivity index (χ2v) is 11.2. The summed E-state index contributed by atoms with van der Waals surface area (Å²) in [4.78, 5) is 47.9. The number of aromatic amines is 2. The van der Waals surface area contributed by atoms with E-state index in [4.69, 9.17) is 5.73 Å². The quantitative estimate of drug-likeness (QED) is 0.187. The van der Waals surface area contributed by atoms with Gasteiger partial charge in [-0.3, -0.25) is 9.69 Å². The number of aliphatic hydroxyl groups excluding tert-OH is 1. The molecule has 1 amide bonds. The van der Waals surface area contributed by atoms with Crippen molar-refractivity contribution in [2.75, 3.05) is 24.1 Å². The molecule has 14 heteroatoms. The topological polar surface area (TPSA) is 193 Å². The number of aryl methyl sites for hydroxylation is 1. The third-order valence-electron chi connectivity index (χ3n) is 8.08. The highest BCUT2D eigenvalue weighted by Gasteiger charge is 2.23. The van der Waals surface area contributed by atoms with Crippen LogP contribution in [0.15, 0.2) is 82.4 Å². The number of aliphatic hydroxyl groups is 1. The summed E-state index contributed by atoms with van der Waals surface area (Å²) >= 11 is 0. The number of benzene rings is 3. The maximum Gasteiger partial charge on any atom is 0.337 e. The third kappa shape index (κ3) is 5.35. The predicted octanol–water partition coefficient (Wildman–Crippen LogP) is 2.87. The number of nitrogens with two attached hydrogens (primary N) is 1. The number of carbonyl (C=O) groups excluding carboxylic acids is 1. The number of aromatic nitrogens is 7. The summed E-state index contributed by atoms with van der Waals surface area (Å²) in [7, 11) is 0. The van der Waals surface area contributed by atoms with Gasteiger partial charge in [0.05, 0.1) is 23.0 Å². The van der Waals surface area contributed by atoms with Crippen LogP contribution in [0.1, 0.15) is 17.7 Å². The van der Waals surface area contributed by atoms with Crippen molar-refractivity contribution in [3.8, 4) is 28.2 Å². The van der Waals surface area contributed by atoms with Gasteiger partial charge in [0.25, 0.3) is 5.56 Å². The Hall–Kier alpha value is -5.86. The number of fused-ring (bicyclic) bond motifs is 1. The fraction of sp³-hybridized carbons (Fsp3) is 0.188. The molecule has 1 atom stereocenters. The fourth-order valence-corrected chi connectivity index (χ4v) is 5.85. The highest BCUT2D eigenvalue weighted by molar-refractivity contribution is 5.92. The van der Waals surface area contributed by atoms with E-state index < -0.39 is 17.3 Å². The Balaban J connectivity index is 1.17. The van der Waals surface area contributed by atoms with Crippen LogP contribution in [0.5, 0.6) is 0 Å². The molecule has 3 aromatic heterocycles. The van der Waals surface area contributed by atoms with E-state index in [-0.39, 0.29) is 23.1 Å². The molecule has 3 aromatic carbocycles. The average molecular weight is 619 g/mol. The molecule has 1 fully saturated rings. The molecule has 0 spiro atoms. The minimum Gasteiger partial charge on any atom is -0.392 e. The number of rotatable bonds is 6. The first-order chi connectivity index (χ1) is 22.2. The molecule has 1 saturated heterocycles. The molecule has 4 heterocycles. The van der Waals surface area contributed by atoms with Crippen molar-refractivity contribution >= 4 is 28.7 Å². The van der Waals surface area contributed by atoms with Gasteiger partial charge in [0.15, 0.2) is 11.3 Å². The monoisotopic (exact) mass is 618 g/mol. The number of likely N-dealkylation sites (tertiary alicyclic amines) is 1. The second-order valence-electron chi connectivity index (χ2n) is 11.2. The summed E-state index contributed by atoms with van der Waals surface area (Å²) in [5.41, 5.74) is 9.28.